The molecule has 1 N–H and O–H groups in total. The lowest BCUT2D eigenvalue weighted by atomic mass is 9.99. The molecule has 2 heteroatoms. The van der Waals surface area contributed by atoms with Gasteiger partial charge in [-0.1, -0.05) is 55.8 Å². The Bertz CT molecular complexity index is 519. The van der Waals surface area contributed by atoms with E-state index < -0.39 is 6.10 Å². The lowest BCUT2D eigenvalue weighted by Crippen LogP contribution is -2.03. The number of rotatable bonds is 5. The molecule has 0 saturated heterocycles. The molecule has 0 heterocycles. The average Bonchev–Trinajstić information content (AvgIpc) is 2.42. The Morgan fingerprint density at radius 2 is 1.74 bits per heavy atom. The number of hydrogen-bond acceptors (Lipinski definition) is 1. The van der Waals surface area contributed by atoms with Crippen LogP contribution < -0.4 is 0 Å². The molecule has 0 aliphatic carbocycles. The van der Waals surface area contributed by atoms with Crippen molar-refractivity contribution in [1.82, 2.24) is 0 Å². The minimum atomic E-state index is -0.660. The highest BCUT2D eigenvalue weighted by Gasteiger charge is 2.11. The monoisotopic (exact) mass is 258 g/mol. The number of hydrogen-bond donors (Lipinski definition) is 1. The molecular weight excluding hydrogens is 239 g/mol. The van der Waals surface area contributed by atoms with Crippen LogP contribution in [0.3, 0.4) is 0 Å². The van der Waals surface area contributed by atoms with Gasteiger partial charge >= 0.3 is 0 Å². The molecule has 1 atom stereocenters. The minimum absolute atomic E-state index is 0.260. The van der Waals surface area contributed by atoms with Crippen molar-refractivity contribution in [2.75, 3.05) is 0 Å². The van der Waals surface area contributed by atoms with Gasteiger partial charge in [0.05, 0.1) is 6.10 Å². The summed E-state index contributed by atoms with van der Waals surface area (Å²) in [4.78, 5) is 0. The van der Waals surface area contributed by atoms with Gasteiger partial charge in [-0.3, -0.25) is 0 Å². The van der Waals surface area contributed by atoms with Crippen LogP contribution in [0.1, 0.15) is 36.1 Å². The van der Waals surface area contributed by atoms with Crippen molar-refractivity contribution >= 4 is 0 Å². The Morgan fingerprint density at radius 1 is 1.05 bits per heavy atom. The SMILES string of the molecule is CCCc1ccc(C(O)Cc2ccccc2F)cc1. The zero-order valence-corrected chi connectivity index (χ0v) is 11.1. The van der Waals surface area contributed by atoms with Crippen molar-refractivity contribution in [1.29, 1.82) is 0 Å². The normalized spacial score (nSPS) is 12.4. The van der Waals surface area contributed by atoms with Crippen LogP contribution in [0.25, 0.3) is 0 Å². The maximum Gasteiger partial charge on any atom is 0.126 e. The summed E-state index contributed by atoms with van der Waals surface area (Å²) in [6, 6.07) is 14.5. The second kappa shape index (κ2) is 6.48. The van der Waals surface area contributed by atoms with E-state index in [1.54, 1.807) is 18.2 Å². The third-order valence-electron chi connectivity index (χ3n) is 3.27. The van der Waals surface area contributed by atoms with Gasteiger partial charge in [0.25, 0.3) is 0 Å². The molecular formula is C17H19FO. The van der Waals surface area contributed by atoms with Crippen molar-refractivity contribution in [3.05, 3.63) is 71.0 Å². The molecule has 100 valence electrons. The Morgan fingerprint density at radius 3 is 2.37 bits per heavy atom. The maximum absolute atomic E-state index is 13.5. The Hall–Kier alpha value is -1.67. The summed E-state index contributed by atoms with van der Waals surface area (Å²) < 4.78 is 13.5. The number of aliphatic hydroxyl groups is 1. The van der Waals surface area contributed by atoms with E-state index in [2.05, 4.69) is 6.92 Å². The third kappa shape index (κ3) is 3.65. The summed E-state index contributed by atoms with van der Waals surface area (Å²) in [6.45, 7) is 2.14. The van der Waals surface area contributed by atoms with Crippen LogP contribution in [0.2, 0.25) is 0 Å². The van der Waals surface area contributed by atoms with Gasteiger partial charge in [-0.05, 0) is 29.2 Å². The maximum atomic E-state index is 13.5. The van der Waals surface area contributed by atoms with E-state index in [4.69, 9.17) is 0 Å². The second-order valence-electron chi connectivity index (χ2n) is 4.80. The van der Waals surface area contributed by atoms with Gasteiger partial charge in [0.15, 0.2) is 0 Å². The molecule has 0 aliphatic rings. The molecule has 0 spiro atoms. The van der Waals surface area contributed by atoms with Gasteiger partial charge in [-0.2, -0.15) is 0 Å². The van der Waals surface area contributed by atoms with Crippen LogP contribution in [-0.4, -0.2) is 5.11 Å². The van der Waals surface area contributed by atoms with Crippen molar-refractivity contribution in [3.8, 4) is 0 Å². The lowest BCUT2D eigenvalue weighted by Gasteiger charge is -2.12. The van der Waals surface area contributed by atoms with E-state index in [-0.39, 0.29) is 5.82 Å². The topological polar surface area (TPSA) is 20.2 Å². The largest absolute Gasteiger partial charge is 0.388 e. The van der Waals surface area contributed by atoms with Crippen molar-refractivity contribution in [2.45, 2.75) is 32.3 Å². The number of aryl methyl sites for hydroxylation is 1. The van der Waals surface area contributed by atoms with E-state index in [0.29, 0.717) is 12.0 Å². The summed E-state index contributed by atoms with van der Waals surface area (Å²) in [5, 5.41) is 10.2. The van der Waals surface area contributed by atoms with Gasteiger partial charge in [-0.15, -0.1) is 0 Å². The van der Waals surface area contributed by atoms with E-state index in [9.17, 15) is 9.50 Å². The molecule has 1 unspecified atom stereocenters. The smallest absolute Gasteiger partial charge is 0.126 e. The standard InChI is InChI=1S/C17H19FO/c1-2-5-13-8-10-14(11-9-13)17(19)12-15-6-3-4-7-16(15)18/h3-4,6-11,17,19H,2,5,12H2,1H3. The van der Waals surface area contributed by atoms with Gasteiger partial charge < -0.3 is 5.11 Å². The second-order valence-corrected chi connectivity index (χ2v) is 4.80. The van der Waals surface area contributed by atoms with Crippen molar-refractivity contribution in [3.63, 3.8) is 0 Å². The number of halogens is 1. The first kappa shape index (κ1) is 13.8. The quantitative estimate of drug-likeness (QED) is 0.857. The fourth-order valence-electron chi connectivity index (χ4n) is 2.19. The predicted molar refractivity (Wildman–Crippen MR) is 75.5 cm³/mol. The van der Waals surface area contributed by atoms with Gasteiger partial charge in [-0.25, -0.2) is 4.39 Å². The molecule has 0 radical (unpaired) electrons. The van der Waals surface area contributed by atoms with Crippen LogP contribution in [0.15, 0.2) is 48.5 Å². The summed E-state index contributed by atoms with van der Waals surface area (Å²) in [5.41, 5.74) is 2.65. The van der Waals surface area contributed by atoms with Crippen LogP contribution in [0.4, 0.5) is 4.39 Å². The first-order valence-electron chi connectivity index (χ1n) is 6.71. The van der Waals surface area contributed by atoms with Crippen molar-refractivity contribution < 1.29 is 9.50 Å². The van der Waals surface area contributed by atoms with E-state index in [0.717, 1.165) is 18.4 Å². The van der Waals surface area contributed by atoms with Gasteiger partial charge in [0, 0.05) is 6.42 Å². The molecule has 2 rings (SSSR count). The lowest BCUT2D eigenvalue weighted by molar-refractivity contribution is 0.177. The number of aliphatic hydroxyl groups excluding tert-OH is 1. The van der Waals surface area contributed by atoms with Crippen LogP contribution >= 0.6 is 0 Å². The highest BCUT2D eigenvalue weighted by atomic mass is 19.1. The zero-order chi connectivity index (χ0) is 13.7. The highest BCUT2D eigenvalue weighted by molar-refractivity contribution is 5.26. The first-order chi connectivity index (χ1) is 9.20. The molecule has 2 aromatic carbocycles. The molecule has 2 aromatic rings. The van der Waals surface area contributed by atoms with E-state index in [1.165, 1.54) is 11.6 Å². The minimum Gasteiger partial charge on any atom is -0.388 e. The van der Waals surface area contributed by atoms with Crippen LogP contribution in [0, 0.1) is 5.82 Å². The van der Waals surface area contributed by atoms with Crippen LogP contribution in [0.5, 0.6) is 0 Å². The van der Waals surface area contributed by atoms with Crippen LogP contribution in [-0.2, 0) is 12.8 Å². The van der Waals surface area contributed by atoms with Gasteiger partial charge in [0.1, 0.15) is 5.82 Å². The Labute approximate surface area is 113 Å². The van der Waals surface area contributed by atoms with Crippen molar-refractivity contribution in [2.24, 2.45) is 0 Å². The summed E-state index contributed by atoms with van der Waals surface area (Å²) in [5.74, 6) is -0.260. The molecule has 19 heavy (non-hydrogen) atoms. The third-order valence-corrected chi connectivity index (χ3v) is 3.27. The first-order valence-corrected chi connectivity index (χ1v) is 6.71. The molecule has 0 aliphatic heterocycles. The van der Waals surface area contributed by atoms with E-state index >= 15 is 0 Å². The predicted octanol–water partition coefficient (Wildman–Crippen LogP) is 4.05. The molecule has 0 saturated carbocycles. The Kier molecular flexibility index (Phi) is 4.69. The number of benzene rings is 2. The fourth-order valence-corrected chi connectivity index (χ4v) is 2.19. The molecule has 0 aromatic heterocycles. The Balaban J connectivity index is 2.07. The zero-order valence-electron chi connectivity index (χ0n) is 11.1. The summed E-state index contributed by atoms with van der Waals surface area (Å²) in [7, 11) is 0. The summed E-state index contributed by atoms with van der Waals surface area (Å²) >= 11 is 0. The fraction of sp³-hybridized carbons (Fsp3) is 0.294. The van der Waals surface area contributed by atoms with E-state index in [1.807, 2.05) is 24.3 Å². The van der Waals surface area contributed by atoms with Gasteiger partial charge in [0.2, 0.25) is 0 Å². The highest BCUT2D eigenvalue weighted by Crippen LogP contribution is 2.20. The summed E-state index contributed by atoms with van der Waals surface area (Å²) in [6.07, 6.45) is 1.80. The average molecular weight is 258 g/mol. The molecule has 0 bridgehead atoms. The molecule has 0 fully saturated rings. The molecule has 1 nitrogen and oxygen atoms in total. The molecule has 0 amide bonds.